The second kappa shape index (κ2) is 5.38. The van der Waals surface area contributed by atoms with Crippen LogP contribution in [-0.4, -0.2) is 11.5 Å². The van der Waals surface area contributed by atoms with Crippen LogP contribution in [0.25, 0.3) is 10.9 Å². The van der Waals surface area contributed by atoms with Crippen LogP contribution in [-0.2, 0) is 6.42 Å². The minimum atomic E-state index is 0.551. The van der Waals surface area contributed by atoms with Crippen molar-refractivity contribution in [3.63, 3.8) is 0 Å². The zero-order valence-electron chi connectivity index (χ0n) is 11.7. The summed E-state index contributed by atoms with van der Waals surface area (Å²) in [6.07, 6.45) is 0.972. The molecule has 0 spiro atoms. The van der Waals surface area contributed by atoms with E-state index >= 15 is 0 Å². The Hall–Kier alpha value is -1.57. The van der Waals surface area contributed by atoms with Gasteiger partial charge in [-0.05, 0) is 43.0 Å². The van der Waals surface area contributed by atoms with Crippen LogP contribution >= 0.6 is 0 Å². The number of aryl methyl sites for hydroxylation is 1. The Labute approximate surface area is 109 Å². The molecule has 0 aliphatic heterocycles. The van der Waals surface area contributed by atoms with Gasteiger partial charge in [-0.2, -0.15) is 0 Å². The maximum atomic E-state index is 4.70. The van der Waals surface area contributed by atoms with Crippen LogP contribution < -0.4 is 5.32 Å². The van der Waals surface area contributed by atoms with E-state index in [1.807, 2.05) is 0 Å². The molecule has 2 nitrogen and oxygen atoms in total. The minimum absolute atomic E-state index is 0.551. The standard InChI is InChI=1S/C16H22N2/c1-5-13-10-16(17-6-2)14-9-12(11(3)4)7-8-15(14)18-13/h7-11H,5-6H2,1-4H3,(H,17,18). The van der Waals surface area contributed by atoms with E-state index in [2.05, 4.69) is 57.3 Å². The molecule has 0 amide bonds. The molecule has 0 atom stereocenters. The van der Waals surface area contributed by atoms with Crippen molar-refractivity contribution < 1.29 is 0 Å². The third kappa shape index (κ3) is 2.47. The van der Waals surface area contributed by atoms with Crippen molar-refractivity contribution in [2.45, 2.75) is 40.0 Å². The maximum absolute atomic E-state index is 4.70. The van der Waals surface area contributed by atoms with Gasteiger partial charge >= 0.3 is 0 Å². The molecule has 1 aromatic heterocycles. The lowest BCUT2D eigenvalue weighted by Gasteiger charge is -2.12. The Bertz CT molecular complexity index is 544. The Morgan fingerprint density at radius 3 is 2.56 bits per heavy atom. The van der Waals surface area contributed by atoms with E-state index < -0.39 is 0 Å². The lowest BCUT2D eigenvalue weighted by Crippen LogP contribution is -2.01. The van der Waals surface area contributed by atoms with Gasteiger partial charge in [-0.15, -0.1) is 0 Å². The molecular formula is C16H22N2. The Morgan fingerprint density at radius 1 is 1.17 bits per heavy atom. The minimum Gasteiger partial charge on any atom is -0.385 e. The Morgan fingerprint density at radius 2 is 1.94 bits per heavy atom. The fourth-order valence-electron chi connectivity index (χ4n) is 2.18. The van der Waals surface area contributed by atoms with E-state index in [0.717, 1.165) is 24.2 Å². The monoisotopic (exact) mass is 242 g/mol. The highest BCUT2D eigenvalue weighted by atomic mass is 14.9. The van der Waals surface area contributed by atoms with Gasteiger partial charge in [-0.3, -0.25) is 4.98 Å². The number of fused-ring (bicyclic) bond motifs is 1. The highest BCUT2D eigenvalue weighted by Gasteiger charge is 2.07. The first-order valence-corrected chi connectivity index (χ1v) is 6.83. The first-order chi connectivity index (χ1) is 8.65. The zero-order valence-corrected chi connectivity index (χ0v) is 11.7. The van der Waals surface area contributed by atoms with Gasteiger partial charge in [-0.1, -0.05) is 26.8 Å². The van der Waals surface area contributed by atoms with Gasteiger partial charge in [-0.25, -0.2) is 0 Å². The van der Waals surface area contributed by atoms with E-state index in [4.69, 9.17) is 4.98 Å². The summed E-state index contributed by atoms with van der Waals surface area (Å²) in [7, 11) is 0. The maximum Gasteiger partial charge on any atom is 0.0726 e. The van der Waals surface area contributed by atoms with Crippen LogP contribution in [0.15, 0.2) is 24.3 Å². The summed E-state index contributed by atoms with van der Waals surface area (Å²) in [4.78, 5) is 4.70. The van der Waals surface area contributed by atoms with Crippen molar-refractivity contribution in [3.05, 3.63) is 35.5 Å². The number of anilines is 1. The topological polar surface area (TPSA) is 24.9 Å². The number of hydrogen-bond donors (Lipinski definition) is 1. The SMILES string of the molecule is CCNc1cc(CC)nc2ccc(C(C)C)cc12. The number of benzene rings is 1. The van der Waals surface area contributed by atoms with Gasteiger partial charge in [0.05, 0.1) is 5.52 Å². The molecule has 2 aromatic rings. The lowest BCUT2D eigenvalue weighted by atomic mass is 10.00. The lowest BCUT2D eigenvalue weighted by molar-refractivity contribution is 0.868. The summed E-state index contributed by atoms with van der Waals surface area (Å²) in [6.45, 7) is 9.66. The van der Waals surface area contributed by atoms with Crippen LogP contribution in [0, 0.1) is 0 Å². The van der Waals surface area contributed by atoms with Gasteiger partial charge in [0.25, 0.3) is 0 Å². The van der Waals surface area contributed by atoms with Crippen molar-refractivity contribution in [1.29, 1.82) is 0 Å². The number of rotatable bonds is 4. The predicted molar refractivity (Wildman–Crippen MR) is 79.4 cm³/mol. The van der Waals surface area contributed by atoms with Crippen molar-refractivity contribution in [2.75, 3.05) is 11.9 Å². The quantitative estimate of drug-likeness (QED) is 0.862. The van der Waals surface area contributed by atoms with E-state index in [-0.39, 0.29) is 0 Å². The number of nitrogens with one attached hydrogen (secondary N) is 1. The molecule has 0 aliphatic carbocycles. The highest BCUT2D eigenvalue weighted by Crippen LogP contribution is 2.27. The van der Waals surface area contributed by atoms with Crippen molar-refractivity contribution in [1.82, 2.24) is 4.98 Å². The zero-order chi connectivity index (χ0) is 13.1. The van der Waals surface area contributed by atoms with Crippen molar-refractivity contribution in [3.8, 4) is 0 Å². The average molecular weight is 242 g/mol. The van der Waals surface area contributed by atoms with Crippen LogP contribution in [0.5, 0.6) is 0 Å². The molecular weight excluding hydrogens is 220 g/mol. The summed E-state index contributed by atoms with van der Waals surface area (Å²) in [5, 5.41) is 4.69. The summed E-state index contributed by atoms with van der Waals surface area (Å²) in [5.41, 5.74) is 4.82. The molecule has 2 rings (SSSR count). The predicted octanol–water partition coefficient (Wildman–Crippen LogP) is 4.35. The van der Waals surface area contributed by atoms with Crippen LogP contribution in [0.1, 0.15) is 44.9 Å². The van der Waals surface area contributed by atoms with E-state index in [1.165, 1.54) is 16.6 Å². The molecule has 18 heavy (non-hydrogen) atoms. The van der Waals surface area contributed by atoms with Gasteiger partial charge in [0, 0.05) is 23.3 Å². The second-order valence-electron chi connectivity index (χ2n) is 4.98. The molecule has 0 aliphatic rings. The second-order valence-corrected chi connectivity index (χ2v) is 4.98. The number of hydrogen-bond acceptors (Lipinski definition) is 2. The number of aromatic nitrogens is 1. The molecule has 0 unspecified atom stereocenters. The molecule has 2 heteroatoms. The average Bonchev–Trinajstić information content (AvgIpc) is 2.38. The molecule has 0 fully saturated rings. The summed E-state index contributed by atoms with van der Waals surface area (Å²) in [6, 6.07) is 8.78. The van der Waals surface area contributed by atoms with Crippen LogP contribution in [0.4, 0.5) is 5.69 Å². The fraction of sp³-hybridized carbons (Fsp3) is 0.438. The van der Waals surface area contributed by atoms with Crippen molar-refractivity contribution in [2.24, 2.45) is 0 Å². The van der Waals surface area contributed by atoms with Gasteiger partial charge in [0.15, 0.2) is 0 Å². The largest absolute Gasteiger partial charge is 0.385 e. The fourth-order valence-corrected chi connectivity index (χ4v) is 2.18. The molecule has 0 bridgehead atoms. The number of nitrogens with zero attached hydrogens (tertiary/aromatic N) is 1. The first kappa shape index (κ1) is 12.9. The van der Waals surface area contributed by atoms with Gasteiger partial charge in [0.1, 0.15) is 0 Å². The molecule has 0 saturated heterocycles. The van der Waals surface area contributed by atoms with Gasteiger partial charge < -0.3 is 5.32 Å². The van der Waals surface area contributed by atoms with E-state index in [1.54, 1.807) is 0 Å². The van der Waals surface area contributed by atoms with Crippen molar-refractivity contribution >= 4 is 16.6 Å². The van der Waals surface area contributed by atoms with E-state index in [9.17, 15) is 0 Å². The smallest absolute Gasteiger partial charge is 0.0726 e. The molecule has 0 radical (unpaired) electrons. The number of pyridine rings is 1. The highest BCUT2D eigenvalue weighted by molar-refractivity contribution is 5.92. The van der Waals surface area contributed by atoms with Gasteiger partial charge in [0.2, 0.25) is 0 Å². The Kier molecular flexibility index (Phi) is 3.85. The molecule has 1 heterocycles. The molecule has 0 saturated carbocycles. The molecule has 96 valence electrons. The van der Waals surface area contributed by atoms with Crippen LogP contribution in [0.2, 0.25) is 0 Å². The summed E-state index contributed by atoms with van der Waals surface area (Å²) < 4.78 is 0. The molecule has 1 aromatic carbocycles. The Balaban J connectivity index is 2.63. The van der Waals surface area contributed by atoms with E-state index in [0.29, 0.717) is 5.92 Å². The third-order valence-corrected chi connectivity index (χ3v) is 3.28. The van der Waals surface area contributed by atoms with Crippen LogP contribution in [0.3, 0.4) is 0 Å². The summed E-state index contributed by atoms with van der Waals surface area (Å²) >= 11 is 0. The normalized spacial score (nSPS) is 11.2. The first-order valence-electron chi connectivity index (χ1n) is 6.83. The summed E-state index contributed by atoms with van der Waals surface area (Å²) in [5.74, 6) is 0.551. The third-order valence-electron chi connectivity index (χ3n) is 3.28. The molecule has 1 N–H and O–H groups in total.